The number of carboxylic acids is 1. The molecule has 2 aromatic carbocycles. The molecule has 0 aliphatic heterocycles. The third-order valence-electron chi connectivity index (χ3n) is 3.47. The lowest BCUT2D eigenvalue weighted by Crippen LogP contribution is -2.38. The summed E-state index contributed by atoms with van der Waals surface area (Å²) in [6.45, 7) is 2.69. The fraction of sp³-hybridized carbons (Fsp3) is 0.312. The molecule has 0 radical (unpaired) electrons. The number of carboxylic acid groups (broad SMARTS) is 1. The van der Waals surface area contributed by atoms with Crippen molar-refractivity contribution in [3.63, 3.8) is 0 Å². The lowest BCUT2D eigenvalue weighted by Gasteiger charge is -2.21. The summed E-state index contributed by atoms with van der Waals surface area (Å²) >= 11 is 0. The Morgan fingerprint density at radius 1 is 1.25 bits per heavy atom. The molecule has 0 spiro atoms. The van der Waals surface area contributed by atoms with E-state index in [4.69, 9.17) is 9.84 Å². The minimum atomic E-state index is -0.822. The summed E-state index contributed by atoms with van der Waals surface area (Å²) in [7, 11) is 1.78. The van der Waals surface area contributed by atoms with Crippen LogP contribution in [0.15, 0.2) is 42.5 Å². The highest BCUT2D eigenvalue weighted by molar-refractivity contribution is 5.88. The second kappa shape index (κ2) is 6.39. The molecule has 0 bridgehead atoms. The van der Waals surface area contributed by atoms with Gasteiger partial charge < -0.3 is 9.84 Å². The maximum absolute atomic E-state index is 10.9. The molecule has 0 aliphatic rings. The van der Waals surface area contributed by atoms with E-state index in [2.05, 4.69) is 0 Å². The highest BCUT2D eigenvalue weighted by atomic mass is 16.5. The first-order chi connectivity index (χ1) is 9.59. The Hall–Kier alpha value is -2.07. The quantitative estimate of drug-likeness (QED) is 0.879. The first-order valence-corrected chi connectivity index (χ1v) is 6.63. The van der Waals surface area contributed by atoms with Crippen molar-refractivity contribution in [1.82, 2.24) is 4.90 Å². The highest BCUT2D eigenvalue weighted by Crippen LogP contribution is 2.24. The first kappa shape index (κ1) is 14.3. The van der Waals surface area contributed by atoms with Gasteiger partial charge in [0.05, 0.1) is 0 Å². The Balaban J connectivity index is 1.98. The average Bonchev–Trinajstić information content (AvgIpc) is 2.46. The van der Waals surface area contributed by atoms with Crippen molar-refractivity contribution in [3.05, 3.63) is 42.5 Å². The van der Waals surface area contributed by atoms with Gasteiger partial charge in [-0.05, 0) is 25.4 Å². The Kier molecular flexibility index (Phi) is 4.58. The standard InChI is InChI=1S/C16H19NO3/c1-12(16(18)19)17(2)10-11-20-15-9-5-7-13-6-3-4-8-14(13)15/h3-9,12H,10-11H2,1-2H3,(H,18,19). The van der Waals surface area contributed by atoms with E-state index in [0.29, 0.717) is 13.2 Å². The molecule has 0 aromatic heterocycles. The Bertz CT molecular complexity index is 592. The zero-order valence-corrected chi connectivity index (χ0v) is 11.7. The molecule has 0 heterocycles. The number of fused-ring (bicyclic) bond motifs is 1. The third-order valence-corrected chi connectivity index (χ3v) is 3.47. The average molecular weight is 273 g/mol. The van der Waals surface area contributed by atoms with Crippen LogP contribution in [0.4, 0.5) is 0 Å². The number of rotatable bonds is 6. The smallest absolute Gasteiger partial charge is 0.320 e. The topological polar surface area (TPSA) is 49.8 Å². The number of aliphatic carboxylic acids is 1. The predicted octanol–water partition coefficient (Wildman–Crippen LogP) is 2.62. The maximum Gasteiger partial charge on any atom is 0.320 e. The van der Waals surface area contributed by atoms with Gasteiger partial charge in [-0.3, -0.25) is 9.69 Å². The molecule has 2 rings (SSSR count). The molecular formula is C16H19NO3. The maximum atomic E-state index is 10.9. The van der Waals surface area contributed by atoms with Gasteiger partial charge in [0.25, 0.3) is 0 Å². The molecule has 0 saturated carbocycles. The van der Waals surface area contributed by atoms with Crippen LogP contribution >= 0.6 is 0 Å². The molecule has 4 nitrogen and oxygen atoms in total. The molecule has 1 atom stereocenters. The molecule has 0 fully saturated rings. The molecule has 0 saturated heterocycles. The van der Waals surface area contributed by atoms with E-state index < -0.39 is 12.0 Å². The van der Waals surface area contributed by atoms with Gasteiger partial charge in [0.1, 0.15) is 18.4 Å². The van der Waals surface area contributed by atoms with Crippen LogP contribution in [0.25, 0.3) is 10.8 Å². The monoisotopic (exact) mass is 273 g/mol. The summed E-state index contributed by atoms with van der Waals surface area (Å²) in [5.41, 5.74) is 0. The van der Waals surface area contributed by atoms with Gasteiger partial charge >= 0.3 is 5.97 Å². The lowest BCUT2D eigenvalue weighted by molar-refractivity contribution is -0.142. The van der Waals surface area contributed by atoms with Gasteiger partial charge in [-0.1, -0.05) is 36.4 Å². The number of hydrogen-bond acceptors (Lipinski definition) is 3. The van der Waals surface area contributed by atoms with Crippen molar-refractivity contribution in [2.45, 2.75) is 13.0 Å². The van der Waals surface area contributed by atoms with Crippen LogP contribution in [0, 0.1) is 0 Å². The van der Waals surface area contributed by atoms with Crippen LogP contribution in [0.1, 0.15) is 6.92 Å². The van der Waals surface area contributed by atoms with Crippen molar-refractivity contribution in [1.29, 1.82) is 0 Å². The number of benzene rings is 2. The fourth-order valence-electron chi connectivity index (χ4n) is 2.00. The molecule has 2 aromatic rings. The van der Waals surface area contributed by atoms with Crippen molar-refractivity contribution in [2.24, 2.45) is 0 Å². The second-order valence-corrected chi connectivity index (χ2v) is 4.82. The van der Waals surface area contributed by atoms with Crippen molar-refractivity contribution >= 4 is 16.7 Å². The van der Waals surface area contributed by atoms with E-state index in [9.17, 15) is 4.79 Å². The number of carbonyl (C=O) groups is 1. The molecule has 0 amide bonds. The van der Waals surface area contributed by atoms with Crippen LogP contribution < -0.4 is 4.74 Å². The van der Waals surface area contributed by atoms with E-state index in [1.807, 2.05) is 42.5 Å². The number of nitrogens with zero attached hydrogens (tertiary/aromatic N) is 1. The van der Waals surface area contributed by atoms with Crippen molar-refractivity contribution in [2.75, 3.05) is 20.2 Å². The van der Waals surface area contributed by atoms with Crippen molar-refractivity contribution in [3.8, 4) is 5.75 Å². The number of likely N-dealkylation sites (N-methyl/N-ethyl adjacent to an activating group) is 1. The van der Waals surface area contributed by atoms with Gasteiger partial charge in [-0.15, -0.1) is 0 Å². The van der Waals surface area contributed by atoms with E-state index in [0.717, 1.165) is 16.5 Å². The highest BCUT2D eigenvalue weighted by Gasteiger charge is 2.16. The predicted molar refractivity (Wildman–Crippen MR) is 79.2 cm³/mol. The van der Waals surface area contributed by atoms with Crippen LogP contribution in [-0.4, -0.2) is 42.2 Å². The summed E-state index contributed by atoms with van der Waals surface area (Å²) < 4.78 is 5.79. The molecule has 1 N–H and O–H groups in total. The van der Waals surface area contributed by atoms with Gasteiger partial charge in [-0.25, -0.2) is 0 Å². The van der Waals surface area contributed by atoms with Crippen LogP contribution in [0.3, 0.4) is 0 Å². The van der Waals surface area contributed by atoms with E-state index in [1.165, 1.54) is 0 Å². The largest absolute Gasteiger partial charge is 0.492 e. The first-order valence-electron chi connectivity index (χ1n) is 6.63. The van der Waals surface area contributed by atoms with Crippen LogP contribution in [-0.2, 0) is 4.79 Å². The van der Waals surface area contributed by atoms with Crippen molar-refractivity contribution < 1.29 is 14.6 Å². The Morgan fingerprint density at radius 3 is 2.70 bits per heavy atom. The van der Waals surface area contributed by atoms with Crippen LogP contribution in [0.5, 0.6) is 5.75 Å². The van der Waals surface area contributed by atoms with E-state index in [-0.39, 0.29) is 0 Å². The molecule has 106 valence electrons. The normalized spacial score (nSPS) is 12.6. The minimum Gasteiger partial charge on any atom is -0.492 e. The van der Waals surface area contributed by atoms with Gasteiger partial charge in [0.15, 0.2) is 0 Å². The zero-order valence-electron chi connectivity index (χ0n) is 11.7. The summed E-state index contributed by atoms with van der Waals surface area (Å²) in [5.74, 6) is 0.0112. The number of hydrogen-bond donors (Lipinski definition) is 1. The van der Waals surface area contributed by atoms with Gasteiger partial charge in [-0.2, -0.15) is 0 Å². The minimum absolute atomic E-state index is 0.460. The van der Waals surface area contributed by atoms with Gasteiger partial charge in [0.2, 0.25) is 0 Å². The second-order valence-electron chi connectivity index (χ2n) is 4.82. The van der Waals surface area contributed by atoms with E-state index >= 15 is 0 Å². The SMILES string of the molecule is CC(C(=O)O)N(C)CCOc1cccc2ccccc12. The lowest BCUT2D eigenvalue weighted by atomic mass is 10.1. The summed E-state index contributed by atoms with van der Waals surface area (Å²) in [6.07, 6.45) is 0. The summed E-state index contributed by atoms with van der Waals surface area (Å²) in [4.78, 5) is 12.6. The molecular weight excluding hydrogens is 254 g/mol. The van der Waals surface area contributed by atoms with E-state index in [1.54, 1.807) is 18.9 Å². The molecule has 4 heteroatoms. The molecule has 1 unspecified atom stereocenters. The molecule has 0 aliphatic carbocycles. The Morgan fingerprint density at radius 2 is 1.95 bits per heavy atom. The fourth-order valence-corrected chi connectivity index (χ4v) is 2.00. The Labute approximate surface area is 118 Å². The summed E-state index contributed by atoms with van der Waals surface area (Å²) in [5, 5.41) is 11.1. The third kappa shape index (κ3) is 3.27. The van der Waals surface area contributed by atoms with Crippen LogP contribution in [0.2, 0.25) is 0 Å². The summed E-state index contributed by atoms with van der Waals surface area (Å²) in [6, 6.07) is 13.5. The van der Waals surface area contributed by atoms with Gasteiger partial charge in [0, 0.05) is 11.9 Å². The zero-order chi connectivity index (χ0) is 14.5. The number of ether oxygens (including phenoxy) is 1. The molecule has 20 heavy (non-hydrogen) atoms.